The van der Waals surface area contributed by atoms with Crippen molar-refractivity contribution in [3.63, 3.8) is 0 Å². The van der Waals surface area contributed by atoms with Gasteiger partial charge < -0.3 is 14.9 Å². The van der Waals surface area contributed by atoms with Crippen LogP contribution >= 0.6 is 0 Å². The summed E-state index contributed by atoms with van der Waals surface area (Å²) in [6, 6.07) is 0. The highest BCUT2D eigenvalue weighted by Crippen LogP contribution is 2.17. The van der Waals surface area contributed by atoms with Crippen molar-refractivity contribution in [1.29, 1.82) is 0 Å². The number of nitrogens with zero attached hydrogens (tertiary/aromatic N) is 2. The second-order valence-electron chi connectivity index (χ2n) is 5.54. The lowest BCUT2D eigenvalue weighted by Gasteiger charge is -2.34. The topological polar surface area (TPSA) is 26.7 Å². The maximum absolute atomic E-state index is 10.2. The lowest BCUT2D eigenvalue weighted by molar-refractivity contribution is -0.0181. The molecular weight excluding hydrogens is 200 g/mol. The van der Waals surface area contributed by atoms with Gasteiger partial charge in [0, 0.05) is 6.54 Å². The predicted molar refractivity (Wildman–Crippen MR) is 70.7 cm³/mol. The molecule has 0 aromatic heterocycles. The largest absolute Gasteiger partial charge is 0.389 e. The van der Waals surface area contributed by atoms with Gasteiger partial charge in [0.25, 0.3) is 0 Å². The van der Waals surface area contributed by atoms with E-state index in [9.17, 15) is 5.11 Å². The molecule has 0 aliphatic heterocycles. The summed E-state index contributed by atoms with van der Waals surface area (Å²) in [6.07, 6.45) is 1.16. The minimum absolute atomic E-state index is 0.301. The van der Waals surface area contributed by atoms with E-state index in [-0.39, 0.29) is 0 Å². The highest BCUT2D eigenvalue weighted by molar-refractivity contribution is 4.80. The molecule has 16 heavy (non-hydrogen) atoms. The zero-order valence-corrected chi connectivity index (χ0v) is 12.0. The molecule has 98 valence electrons. The van der Waals surface area contributed by atoms with Crippen molar-refractivity contribution in [3.8, 4) is 0 Å². The Kier molecular flexibility index (Phi) is 7.20. The Morgan fingerprint density at radius 3 is 2.12 bits per heavy atom. The van der Waals surface area contributed by atoms with Crippen LogP contribution in [0, 0.1) is 5.92 Å². The summed E-state index contributed by atoms with van der Waals surface area (Å²) in [7, 11) is 4.20. The Balaban J connectivity index is 4.00. The molecule has 3 nitrogen and oxygen atoms in total. The van der Waals surface area contributed by atoms with Crippen LogP contribution in [0.5, 0.6) is 0 Å². The fourth-order valence-corrected chi connectivity index (χ4v) is 1.59. The van der Waals surface area contributed by atoms with Crippen LogP contribution in [-0.4, -0.2) is 60.8 Å². The molecule has 0 saturated carbocycles. The summed E-state index contributed by atoms with van der Waals surface area (Å²) in [5.74, 6) is 0.301. The van der Waals surface area contributed by atoms with Crippen LogP contribution in [0.25, 0.3) is 0 Å². The zero-order chi connectivity index (χ0) is 12.8. The standard InChI is InChI=1S/C13H30N2O/c1-7-15(10-8-9-14(5)6)11-13(4,16)12(2)3/h12,16H,7-11H2,1-6H3. The highest BCUT2D eigenvalue weighted by atomic mass is 16.3. The van der Waals surface area contributed by atoms with Crippen molar-refractivity contribution in [3.05, 3.63) is 0 Å². The molecule has 1 N–H and O–H groups in total. The van der Waals surface area contributed by atoms with E-state index in [1.165, 1.54) is 0 Å². The Morgan fingerprint density at radius 2 is 1.75 bits per heavy atom. The first-order valence-corrected chi connectivity index (χ1v) is 6.39. The van der Waals surface area contributed by atoms with Crippen molar-refractivity contribution in [2.75, 3.05) is 40.3 Å². The normalized spacial score (nSPS) is 16.1. The van der Waals surface area contributed by atoms with Crippen LogP contribution in [0.3, 0.4) is 0 Å². The molecule has 0 rings (SSSR count). The van der Waals surface area contributed by atoms with E-state index >= 15 is 0 Å². The third kappa shape index (κ3) is 6.46. The quantitative estimate of drug-likeness (QED) is 0.687. The van der Waals surface area contributed by atoms with E-state index < -0.39 is 5.60 Å². The molecule has 0 heterocycles. The van der Waals surface area contributed by atoms with Crippen LogP contribution < -0.4 is 0 Å². The number of aliphatic hydroxyl groups is 1. The molecule has 1 atom stereocenters. The van der Waals surface area contributed by atoms with Gasteiger partial charge in [0.2, 0.25) is 0 Å². The lowest BCUT2D eigenvalue weighted by Crippen LogP contribution is -2.45. The van der Waals surface area contributed by atoms with Crippen LogP contribution in [0.1, 0.15) is 34.1 Å². The van der Waals surface area contributed by atoms with Gasteiger partial charge in [-0.2, -0.15) is 0 Å². The summed E-state index contributed by atoms with van der Waals surface area (Å²) < 4.78 is 0. The summed E-state index contributed by atoms with van der Waals surface area (Å²) in [5, 5.41) is 10.2. The Bertz CT molecular complexity index is 179. The monoisotopic (exact) mass is 230 g/mol. The molecule has 0 aromatic rings. The maximum Gasteiger partial charge on any atom is 0.0768 e. The molecule has 0 radical (unpaired) electrons. The first-order valence-electron chi connectivity index (χ1n) is 6.39. The van der Waals surface area contributed by atoms with E-state index in [4.69, 9.17) is 0 Å². The van der Waals surface area contributed by atoms with Gasteiger partial charge in [-0.1, -0.05) is 20.8 Å². The van der Waals surface area contributed by atoms with Gasteiger partial charge in [0.1, 0.15) is 0 Å². The van der Waals surface area contributed by atoms with Crippen LogP contribution in [0.4, 0.5) is 0 Å². The average molecular weight is 230 g/mol. The number of hydrogen-bond acceptors (Lipinski definition) is 3. The van der Waals surface area contributed by atoms with Gasteiger partial charge in [-0.25, -0.2) is 0 Å². The van der Waals surface area contributed by atoms with Gasteiger partial charge in [-0.05, 0) is 53.0 Å². The van der Waals surface area contributed by atoms with Gasteiger partial charge in [-0.3, -0.25) is 0 Å². The summed E-state index contributed by atoms with van der Waals surface area (Å²) >= 11 is 0. The van der Waals surface area contributed by atoms with Gasteiger partial charge in [0.05, 0.1) is 5.60 Å². The van der Waals surface area contributed by atoms with Gasteiger partial charge in [-0.15, -0.1) is 0 Å². The first kappa shape index (κ1) is 15.9. The SMILES string of the molecule is CCN(CCCN(C)C)CC(C)(O)C(C)C. The third-order valence-electron chi connectivity index (χ3n) is 3.31. The molecule has 0 bridgehead atoms. The van der Waals surface area contributed by atoms with E-state index in [0.717, 1.165) is 32.6 Å². The van der Waals surface area contributed by atoms with Crippen molar-refractivity contribution in [2.24, 2.45) is 5.92 Å². The summed E-state index contributed by atoms with van der Waals surface area (Å²) in [4.78, 5) is 4.54. The third-order valence-corrected chi connectivity index (χ3v) is 3.31. The number of hydrogen-bond donors (Lipinski definition) is 1. The van der Waals surface area contributed by atoms with E-state index in [2.05, 4.69) is 44.7 Å². The number of likely N-dealkylation sites (N-methyl/N-ethyl adjacent to an activating group) is 1. The van der Waals surface area contributed by atoms with E-state index in [0.29, 0.717) is 5.92 Å². The molecule has 0 aliphatic rings. The lowest BCUT2D eigenvalue weighted by atomic mass is 9.92. The van der Waals surface area contributed by atoms with Crippen LogP contribution in [0.15, 0.2) is 0 Å². The van der Waals surface area contributed by atoms with Crippen molar-refractivity contribution >= 4 is 0 Å². The Labute approximate surface area is 101 Å². The molecule has 0 saturated heterocycles. The van der Waals surface area contributed by atoms with Gasteiger partial charge >= 0.3 is 0 Å². The second kappa shape index (κ2) is 7.25. The maximum atomic E-state index is 10.2. The molecule has 1 unspecified atom stereocenters. The first-order chi connectivity index (χ1) is 7.29. The van der Waals surface area contributed by atoms with Crippen molar-refractivity contribution < 1.29 is 5.11 Å². The molecule has 0 fully saturated rings. The molecule has 0 spiro atoms. The second-order valence-corrected chi connectivity index (χ2v) is 5.54. The Hall–Kier alpha value is -0.120. The number of rotatable bonds is 8. The molecular formula is C13H30N2O. The minimum Gasteiger partial charge on any atom is -0.389 e. The van der Waals surface area contributed by atoms with Crippen LogP contribution in [0.2, 0.25) is 0 Å². The van der Waals surface area contributed by atoms with Gasteiger partial charge in [0.15, 0.2) is 0 Å². The molecule has 0 aromatic carbocycles. The molecule has 0 aliphatic carbocycles. The zero-order valence-electron chi connectivity index (χ0n) is 12.0. The smallest absolute Gasteiger partial charge is 0.0768 e. The van der Waals surface area contributed by atoms with Crippen LogP contribution in [-0.2, 0) is 0 Å². The highest BCUT2D eigenvalue weighted by Gasteiger charge is 2.26. The van der Waals surface area contributed by atoms with E-state index in [1.54, 1.807) is 0 Å². The fourth-order valence-electron chi connectivity index (χ4n) is 1.59. The van der Waals surface area contributed by atoms with E-state index in [1.807, 2.05) is 6.92 Å². The predicted octanol–water partition coefficient (Wildman–Crippen LogP) is 1.67. The Morgan fingerprint density at radius 1 is 1.19 bits per heavy atom. The van der Waals surface area contributed by atoms with Crippen molar-refractivity contribution in [1.82, 2.24) is 9.80 Å². The summed E-state index contributed by atoms with van der Waals surface area (Å²) in [6.45, 7) is 12.2. The minimum atomic E-state index is -0.575. The molecule has 0 amide bonds. The fraction of sp³-hybridized carbons (Fsp3) is 1.00. The van der Waals surface area contributed by atoms with Crippen molar-refractivity contribution in [2.45, 2.75) is 39.7 Å². The summed E-state index contributed by atoms with van der Waals surface area (Å²) in [5.41, 5.74) is -0.575. The molecule has 3 heteroatoms. The average Bonchev–Trinajstić information content (AvgIpc) is 2.15.